The Hall–Kier alpha value is -1.40. The van der Waals surface area contributed by atoms with Crippen LogP contribution < -0.4 is 5.73 Å². The molecule has 0 spiro atoms. The van der Waals surface area contributed by atoms with E-state index in [9.17, 15) is 13.2 Å². The summed E-state index contributed by atoms with van der Waals surface area (Å²) in [5, 5.41) is 0. The lowest BCUT2D eigenvalue weighted by atomic mass is 10.1. The summed E-state index contributed by atoms with van der Waals surface area (Å²) in [6, 6.07) is 6.53. The minimum absolute atomic E-state index is 0.00620. The van der Waals surface area contributed by atoms with Gasteiger partial charge < -0.3 is 10.6 Å². The Bertz CT molecular complexity index is 579. The Morgan fingerprint density at radius 1 is 1.24 bits per heavy atom. The third-order valence-corrected chi connectivity index (χ3v) is 4.71. The summed E-state index contributed by atoms with van der Waals surface area (Å²) in [7, 11) is -1.45. The molecule has 118 valence electrons. The molecule has 6 heteroatoms. The van der Waals surface area contributed by atoms with E-state index >= 15 is 0 Å². The Labute approximate surface area is 127 Å². The first-order valence-corrected chi connectivity index (χ1v) is 8.83. The van der Waals surface area contributed by atoms with Crippen LogP contribution in [0.15, 0.2) is 29.2 Å². The molecular formula is C15H24N2O3S. The maximum Gasteiger partial charge on any atom is 0.222 e. The van der Waals surface area contributed by atoms with Crippen LogP contribution in [0.1, 0.15) is 38.3 Å². The van der Waals surface area contributed by atoms with Gasteiger partial charge in [-0.05, 0) is 38.0 Å². The van der Waals surface area contributed by atoms with Crippen LogP contribution >= 0.6 is 0 Å². The number of sulfone groups is 1. The van der Waals surface area contributed by atoms with Crippen molar-refractivity contribution in [2.24, 2.45) is 5.73 Å². The van der Waals surface area contributed by atoms with E-state index in [4.69, 9.17) is 5.73 Å². The standard InChI is InChI=1S/C15H24N2O3S/c1-11(16)5-10-15(18)17(3)12(2)13-6-8-14(9-7-13)21(4,19)20/h6-9,11-12H,5,10,16H2,1-4H3. The van der Waals surface area contributed by atoms with Gasteiger partial charge in [0.25, 0.3) is 0 Å². The number of rotatable bonds is 6. The van der Waals surface area contributed by atoms with E-state index in [1.54, 1.807) is 36.2 Å². The predicted molar refractivity (Wildman–Crippen MR) is 83.6 cm³/mol. The fraction of sp³-hybridized carbons (Fsp3) is 0.533. The molecule has 0 saturated carbocycles. The van der Waals surface area contributed by atoms with Crippen molar-refractivity contribution in [2.75, 3.05) is 13.3 Å². The molecule has 1 rings (SSSR count). The van der Waals surface area contributed by atoms with Crippen LogP contribution in [0.5, 0.6) is 0 Å². The number of nitrogens with two attached hydrogens (primary N) is 1. The van der Waals surface area contributed by atoms with Gasteiger partial charge in [0.05, 0.1) is 10.9 Å². The molecule has 1 aromatic rings. The summed E-state index contributed by atoms with van der Waals surface area (Å²) in [6.45, 7) is 3.79. The molecule has 0 bridgehead atoms. The van der Waals surface area contributed by atoms with Crippen LogP contribution in [0.25, 0.3) is 0 Å². The Morgan fingerprint density at radius 3 is 2.19 bits per heavy atom. The summed E-state index contributed by atoms with van der Waals surface area (Å²) in [4.78, 5) is 14.0. The zero-order valence-electron chi connectivity index (χ0n) is 13.0. The molecule has 0 aromatic heterocycles. The number of carbonyl (C=O) groups is 1. The SMILES string of the molecule is CC(N)CCC(=O)N(C)C(C)c1ccc(S(C)(=O)=O)cc1. The summed E-state index contributed by atoms with van der Waals surface area (Å²) >= 11 is 0. The van der Waals surface area contributed by atoms with Crippen molar-refractivity contribution in [1.29, 1.82) is 0 Å². The highest BCUT2D eigenvalue weighted by atomic mass is 32.2. The van der Waals surface area contributed by atoms with Crippen molar-refractivity contribution < 1.29 is 13.2 Å². The van der Waals surface area contributed by atoms with Gasteiger partial charge in [-0.2, -0.15) is 0 Å². The highest BCUT2D eigenvalue weighted by Gasteiger charge is 2.18. The van der Waals surface area contributed by atoms with Crippen molar-refractivity contribution in [2.45, 2.75) is 43.7 Å². The van der Waals surface area contributed by atoms with E-state index in [0.717, 1.165) is 5.56 Å². The Kier molecular flexibility index (Phi) is 5.92. The zero-order valence-corrected chi connectivity index (χ0v) is 13.9. The highest BCUT2D eigenvalue weighted by molar-refractivity contribution is 7.90. The van der Waals surface area contributed by atoms with E-state index in [1.807, 2.05) is 13.8 Å². The zero-order chi connectivity index (χ0) is 16.2. The van der Waals surface area contributed by atoms with E-state index < -0.39 is 9.84 Å². The molecule has 2 unspecified atom stereocenters. The van der Waals surface area contributed by atoms with Gasteiger partial charge in [-0.15, -0.1) is 0 Å². The predicted octanol–water partition coefficient (Wildman–Crippen LogP) is 1.74. The quantitative estimate of drug-likeness (QED) is 0.867. The Balaban J connectivity index is 2.78. The normalized spacial score (nSPS) is 14.5. The first-order chi connectivity index (χ1) is 9.62. The molecule has 1 amide bonds. The van der Waals surface area contributed by atoms with Crippen molar-refractivity contribution in [3.8, 4) is 0 Å². The van der Waals surface area contributed by atoms with Crippen LogP contribution in [-0.2, 0) is 14.6 Å². The smallest absolute Gasteiger partial charge is 0.222 e. The number of benzene rings is 1. The molecule has 2 atom stereocenters. The van der Waals surface area contributed by atoms with Crippen molar-refractivity contribution in [3.05, 3.63) is 29.8 Å². The molecule has 0 radical (unpaired) electrons. The summed E-state index contributed by atoms with van der Waals surface area (Å²) in [6.07, 6.45) is 2.25. The third kappa shape index (κ3) is 5.13. The molecule has 5 nitrogen and oxygen atoms in total. The molecule has 2 N–H and O–H groups in total. The molecular weight excluding hydrogens is 288 g/mol. The number of hydrogen-bond donors (Lipinski definition) is 1. The monoisotopic (exact) mass is 312 g/mol. The largest absolute Gasteiger partial charge is 0.339 e. The second-order valence-electron chi connectivity index (χ2n) is 5.54. The molecule has 0 aliphatic rings. The number of amides is 1. The van der Waals surface area contributed by atoms with Gasteiger partial charge >= 0.3 is 0 Å². The molecule has 1 aromatic carbocycles. The highest BCUT2D eigenvalue weighted by Crippen LogP contribution is 2.21. The average Bonchev–Trinajstić information content (AvgIpc) is 2.42. The number of hydrogen-bond acceptors (Lipinski definition) is 4. The van der Waals surface area contributed by atoms with Crippen LogP contribution in [0.4, 0.5) is 0 Å². The number of carbonyl (C=O) groups excluding carboxylic acids is 1. The lowest BCUT2D eigenvalue weighted by Gasteiger charge is -2.26. The lowest BCUT2D eigenvalue weighted by Crippen LogP contribution is -2.30. The van der Waals surface area contributed by atoms with Crippen LogP contribution in [-0.4, -0.2) is 38.6 Å². The van der Waals surface area contributed by atoms with Gasteiger partial charge in [0.1, 0.15) is 0 Å². The Morgan fingerprint density at radius 2 is 1.76 bits per heavy atom. The van der Waals surface area contributed by atoms with Crippen molar-refractivity contribution in [1.82, 2.24) is 4.90 Å². The molecule has 0 aliphatic carbocycles. The molecule has 0 heterocycles. The molecule has 21 heavy (non-hydrogen) atoms. The maximum absolute atomic E-state index is 12.1. The van der Waals surface area contributed by atoms with E-state index in [-0.39, 0.29) is 22.9 Å². The first kappa shape index (κ1) is 17.7. The molecule has 0 saturated heterocycles. The van der Waals surface area contributed by atoms with Gasteiger partial charge in [0, 0.05) is 25.8 Å². The summed E-state index contributed by atoms with van der Waals surface area (Å²) in [5.41, 5.74) is 6.56. The minimum atomic E-state index is -3.19. The topological polar surface area (TPSA) is 80.5 Å². The van der Waals surface area contributed by atoms with Crippen LogP contribution in [0, 0.1) is 0 Å². The average molecular weight is 312 g/mol. The van der Waals surface area contributed by atoms with E-state index in [0.29, 0.717) is 12.8 Å². The van der Waals surface area contributed by atoms with Crippen molar-refractivity contribution in [3.63, 3.8) is 0 Å². The number of nitrogens with zero attached hydrogens (tertiary/aromatic N) is 1. The molecule has 0 fully saturated rings. The minimum Gasteiger partial charge on any atom is -0.339 e. The second kappa shape index (κ2) is 7.04. The third-order valence-electron chi connectivity index (χ3n) is 3.58. The lowest BCUT2D eigenvalue weighted by molar-refractivity contribution is -0.132. The van der Waals surface area contributed by atoms with Gasteiger partial charge in [-0.3, -0.25) is 4.79 Å². The van der Waals surface area contributed by atoms with Gasteiger partial charge in [0.2, 0.25) is 5.91 Å². The van der Waals surface area contributed by atoms with Gasteiger partial charge in [0.15, 0.2) is 9.84 Å². The molecule has 0 aliphatic heterocycles. The van der Waals surface area contributed by atoms with E-state index in [2.05, 4.69) is 0 Å². The van der Waals surface area contributed by atoms with Crippen LogP contribution in [0.3, 0.4) is 0 Å². The fourth-order valence-electron chi connectivity index (χ4n) is 1.96. The summed E-state index contributed by atoms with van der Waals surface area (Å²) < 4.78 is 22.9. The van der Waals surface area contributed by atoms with Gasteiger partial charge in [-0.1, -0.05) is 12.1 Å². The first-order valence-electron chi connectivity index (χ1n) is 6.94. The van der Waals surface area contributed by atoms with Gasteiger partial charge in [-0.25, -0.2) is 8.42 Å². The maximum atomic E-state index is 12.1. The fourth-order valence-corrected chi connectivity index (χ4v) is 2.59. The van der Waals surface area contributed by atoms with E-state index in [1.165, 1.54) is 6.26 Å². The summed E-state index contributed by atoms with van der Waals surface area (Å²) in [5.74, 6) is 0.0342. The van der Waals surface area contributed by atoms with Crippen molar-refractivity contribution >= 4 is 15.7 Å². The van der Waals surface area contributed by atoms with Crippen LogP contribution in [0.2, 0.25) is 0 Å². The second-order valence-corrected chi connectivity index (χ2v) is 7.55.